The van der Waals surface area contributed by atoms with Gasteiger partial charge in [0.2, 0.25) is 0 Å². The average Bonchev–Trinajstić information content (AvgIpc) is 2.90. The van der Waals surface area contributed by atoms with E-state index in [4.69, 9.17) is 0 Å². The molecule has 0 radical (unpaired) electrons. The Kier molecular flexibility index (Phi) is 4.78. The minimum Gasteiger partial charge on any atom is -0.231 e. The van der Waals surface area contributed by atoms with Crippen LogP contribution in [0.25, 0.3) is 10.6 Å². The van der Waals surface area contributed by atoms with Gasteiger partial charge in [-0.15, -0.1) is 11.3 Å². The molecule has 96 valence electrons. The maximum atomic E-state index is 4.55. The van der Waals surface area contributed by atoms with Crippen LogP contribution in [0.4, 0.5) is 0 Å². The third-order valence-electron chi connectivity index (χ3n) is 3.08. The summed E-state index contributed by atoms with van der Waals surface area (Å²) in [6, 6.07) is 6.42. The first-order chi connectivity index (χ1) is 8.78. The van der Waals surface area contributed by atoms with Gasteiger partial charge in [0.15, 0.2) is 5.16 Å². The van der Waals surface area contributed by atoms with Crippen LogP contribution in [0.1, 0.15) is 37.5 Å². The molecule has 0 fully saturated rings. The van der Waals surface area contributed by atoms with Crippen LogP contribution in [0.2, 0.25) is 0 Å². The van der Waals surface area contributed by atoms with E-state index in [0.717, 1.165) is 10.9 Å². The van der Waals surface area contributed by atoms with Crippen LogP contribution in [0.3, 0.4) is 0 Å². The Labute approximate surface area is 117 Å². The summed E-state index contributed by atoms with van der Waals surface area (Å²) in [7, 11) is 0. The third-order valence-corrected chi connectivity index (χ3v) is 4.92. The lowest BCUT2D eigenvalue weighted by Crippen LogP contribution is -1.90. The van der Waals surface area contributed by atoms with Crippen LogP contribution in [-0.4, -0.2) is 16.2 Å². The lowest BCUT2D eigenvalue weighted by Gasteiger charge is -2.08. The van der Waals surface area contributed by atoms with Gasteiger partial charge < -0.3 is 0 Å². The molecule has 0 bridgehead atoms. The number of thiophene rings is 1. The van der Waals surface area contributed by atoms with E-state index in [9.17, 15) is 0 Å². The van der Waals surface area contributed by atoms with Crippen molar-refractivity contribution in [1.82, 2.24) is 9.97 Å². The first-order valence-electron chi connectivity index (χ1n) is 6.25. The second kappa shape index (κ2) is 6.34. The maximum absolute atomic E-state index is 4.55. The van der Waals surface area contributed by atoms with Gasteiger partial charge in [0.05, 0.1) is 10.6 Å². The smallest absolute Gasteiger partial charge is 0.187 e. The van der Waals surface area contributed by atoms with Crippen molar-refractivity contribution in [2.75, 3.05) is 6.26 Å². The molecule has 0 N–H and O–H groups in total. The molecular weight excluding hydrogens is 260 g/mol. The van der Waals surface area contributed by atoms with Crippen molar-refractivity contribution in [3.63, 3.8) is 0 Å². The second-order valence-corrected chi connectivity index (χ2v) is 6.03. The topological polar surface area (TPSA) is 25.8 Å². The molecule has 0 aromatic carbocycles. The van der Waals surface area contributed by atoms with Gasteiger partial charge in [-0.05, 0) is 43.2 Å². The predicted molar refractivity (Wildman–Crippen MR) is 80.4 cm³/mol. The lowest BCUT2D eigenvalue weighted by molar-refractivity contribution is 0.653. The summed E-state index contributed by atoms with van der Waals surface area (Å²) < 4.78 is 0. The highest BCUT2D eigenvalue weighted by molar-refractivity contribution is 7.98. The molecule has 0 aliphatic rings. The zero-order valence-electron chi connectivity index (χ0n) is 11.0. The van der Waals surface area contributed by atoms with Gasteiger partial charge in [0.25, 0.3) is 0 Å². The van der Waals surface area contributed by atoms with Crippen LogP contribution in [0.15, 0.2) is 29.6 Å². The first-order valence-corrected chi connectivity index (χ1v) is 8.29. The van der Waals surface area contributed by atoms with Crippen LogP contribution >= 0.6 is 23.1 Å². The Balaban J connectivity index is 2.28. The summed E-state index contributed by atoms with van der Waals surface area (Å²) in [5.74, 6) is 0.686. The van der Waals surface area contributed by atoms with Crippen molar-refractivity contribution in [1.29, 1.82) is 0 Å². The molecule has 2 aromatic heterocycles. The third kappa shape index (κ3) is 2.93. The summed E-state index contributed by atoms with van der Waals surface area (Å²) in [6.07, 6.45) is 6.25. The van der Waals surface area contributed by atoms with Gasteiger partial charge in [-0.25, -0.2) is 9.97 Å². The highest BCUT2D eigenvalue weighted by Crippen LogP contribution is 2.34. The van der Waals surface area contributed by atoms with E-state index in [1.54, 1.807) is 11.8 Å². The van der Waals surface area contributed by atoms with Crippen molar-refractivity contribution >= 4 is 23.1 Å². The minimum absolute atomic E-state index is 0.686. The Hall–Kier alpha value is -0.870. The number of nitrogens with zero attached hydrogens (tertiary/aromatic N) is 2. The molecule has 0 saturated carbocycles. The van der Waals surface area contributed by atoms with Crippen LogP contribution in [0, 0.1) is 0 Å². The van der Waals surface area contributed by atoms with E-state index < -0.39 is 0 Å². The molecule has 2 aromatic rings. The summed E-state index contributed by atoms with van der Waals surface area (Å²) in [4.78, 5) is 11.5. The molecule has 0 unspecified atom stereocenters. The molecule has 2 nitrogen and oxygen atoms in total. The summed E-state index contributed by atoms with van der Waals surface area (Å²) in [5, 5.41) is 0.838. The normalized spacial score (nSPS) is 11.1. The van der Waals surface area contributed by atoms with Crippen molar-refractivity contribution in [3.8, 4) is 10.6 Å². The number of hydrogen-bond acceptors (Lipinski definition) is 4. The summed E-state index contributed by atoms with van der Waals surface area (Å²) >= 11 is 3.45. The summed E-state index contributed by atoms with van der Waals surface area (Å²) in [6.45, 7) is 4.51. The lowest BCUT2D eigenvalue weighted by atomic mass is 10.0. The molecule has 0 aliphatic heterocycles. The zero-order chi connectivity index (χ0) is 13.0. The van der Waals surface area contributed by atoms with E-state index in [2.05, 4.69) is 35.9 Å². The molecule has 0 amide bonds. The highest BCUT2D eigenvalue weighted by Gasteiger charge is 2.11. The fourth-order valence-corrected chi connectivity index (χ4v) is 3.58. The average molecular weight is 278 g/mol. The van der Waals surface area contributed by atoms with Gasteiger partial charge in [0, 0.05) is 11.1 Å². The quantitative estimate of drug-likeness (QED) is 0.578. The highest BCUT2D eigenvalue weighted by atomic mass is 32.2. The van der Waals surface area contributed by atoms with E-state index in [-0.39, 0.29) is 0 Å². The Bertz CT molecular complexity index is 504. The molecular formula is C14H18N2S2. The Morgan fingerprint density at radius 1 is 1.22 bits per heavy atom. The predicted octanol–water partition coefficient (Wildman–Crippen LogP) is 4.83. The number of thioether (sulfide) groups is 1. The van der Waals surface area contributed by atoms with Gasteiger partial charge in [-0.2, -0.15) is 0 Å². The Morgan fingerprint density at radius 2 is 2.00 bits per heavy atom. The number of aromatic nitrogens is 2. The van der Waals surface area contributed by atoms with Crippen LogP contribution in [0.5, 0.6) is 0 Å². The van der Waals surface area contributed by atoms with Gasteiger partial charge in [-0.1, -0.05) is 25.6 Å². The van der Waals surface area contributed by atoms with Crippen molar-refractivity contribution < 1.29 is 0 Å². The largest absolute Gasteiger partial charge is 0.231 e. The van der Waals surface area contributed by atoms with E-state index >= 15 is 0 Å². The van der Waals surface area contributed by atoms with E-state index in [1.165, 1.54) is 22.6 Å². The molecule has 18 heavy (non-hydrogen) atoms. The fourth-order valence-electron chi connectivity index (χ4n) is 1.98. The van der Waals surface area contributed by atoms with E-state index in [1.807, 2.05) is 29.9 Å². The van der Waals surface area contributed by atoms with Crippen LogP contribution in [-0.2, 0) is 0 Å². The monoisotopic (exact) mass is 278 g/mol. The summed E-state index contributed by atoms with van der Waals surface area (Å²) in [5.41, 5.74) is 1.04. The molecule has 0 atom stereocenters. The maximum Gasteiger partial charge on any atom is 0.187 e. The number of rotatable bonds is 5. The molecule has 2 rings (SSSR count). The molecule has 0 saturated heterocycles. The van der Waals surface area contributed by atoms with E-state index in [0.29, 0.717) is 5.92 Å². The molecule has 2 heterocycles. The zero-order valence-corrected chi connectivity index (χ0v) is 12.6. The molecule has 0 aliphatic carbocycles. The van der Waals surface area contributed by atoms with Crippen molar-refractivity contribution in [2.24, 2.45) is 0 Å². The SMILES string of the molecule is CCC(CC)c1ccc(-c2ccnc(SC)n2)s1. The van der Waals surface area contributed by atoms with Gasteiger partial charge in [0.1, 0.15) is 0 Å². The Morgan fingerprint density at radius 3 is 2.67 bits per heavy atom. The number of hydrogen-bond donors (Lipinski definition) is 0. The standard InChI is InChI=1S/C14H18N2S2/c1-4-10(5-2)12-6-7-13(18-12)11-8-9-15-14(16-11)17-3/h6-10H,4-5H2,1-3H3. The second-order valence-electron chi connectivity index (χ2n) is 4.14. The van der Waals surface area contributed by atoms with Crippen molar-refractivity contribution in [2.45, 2.75) is 37.8 Å². The van der Waals surface area contributed by atoms with Crippen molar-refractivity contribution in [3.05, 3.63) is 29.3 Å². The minimum atomic E-state index is 0.686. The van der Waals surface area contributed by atoms with Crippen LogP contribution < -0.4 is 0 Å². The van der Waals surface area contributed by atoms with Gasteiger partial charge >= 0.3 is 0 Å². The fraction of sp³-hybridized carbons (Fsp3) is 0.429. The molecule has 4 heteroatoms. The first kappa shape index (κ1) is 13.6. The van der Waals surface area contributed by atoms with Gasteiger partial charge in [-0.3, -0.25) is 0 Å². The molecule has 0 spiro atoms.